The van der Waals surface area contributed by atoms with Crippen molar-refractivity contribution in [1.29, 1.82) is 0 Å². The molecule has 1 fully saturated rings. The maximum Gasteiger partial charge on any atom is 0.216 e. The van der Waals surface area contributed by atoms with Gasteiger partial charge in [0.05, 0.1) is 18.4 Å². The van der Waals surface area contributed by atoms with Crippen molar-refractivity contribution in [2.75, 3.05) is 34.3 Å². The molecule has 0 saturated carbocycles. The molecule has 2 unspecified atom stereocenters. The van der Waals surface area contributed by atoms with Crippen LogP contribution in [-0.2, 0) is 7.05 Å². The summed E-state index contributed by atoms with van der Waals surface area (Å²) in [5.41, 5.74) is 2.35. The molecular weight excluding hydrogens is 252 g/mol. The summed E-state index contributed by atoms with van der Waals surface area (Å²) in [6.45, 7) is 4.27. The maximum absolute atomic E-state index is 5.62. The van der Waals surface area contributed by atoms with Gasteiger partial charge in [0.25, 0.3) is 0 Å². The molecule has 0 aromatic carbocycles. The zero-order chi connectivity index (χ0) is 14.7. The van der Waals surface area contributed by atoms with E-state index in [4.69, 9.17) is 4.74 Å². The second kappa shape index (κ2) is 6.59. The van der Waals surface area contributed by atoms with Crippen LogP contribution in [0.1, 0.15) is 36.6 Å². The molecule has 1 aromatic heterocycles. The number of nitrogens with zero attached hydrogens (tertiary/aromatic N) is 3. The lowest BCUT2D eigenvalue weighted by Crippen LogP contribution is -2.34. The molecule has 5 nitrogen and oxygen atoms in total. The number of nitrogens with one attached hydrogen (secondary N) is 1. The predicted octanol–water partition coefficient (Wildman–Crippen LogP) is 1.73. The summed E-state index contributed by atoms with van der Waals surface area (Å²) in [6, 6.07) is 0.383. The summed E-state index contributed by atoms with van der Waals surface area (Å²) in [5.74, 6) is 1.51. The minimum Gasteiger partial charge on any atom is -0.481 e. The van der Waals surface area contributed by atoms with E-state index < -0.39 is 0 Å². The quantitative estimate of drug-likeness (QED) is 0.912. The number of methoxy groups -OCH3 is 1. The molecule has 1 aliphatic heterocycles. The Labute approximate surface area is 122 Å². The zero-order valence-corrected chi connectivity index (χ0v) is 13.4. The second-order valence-electron chi connectivity index (χ2n) is 5.87. The Kier molecular flexibility index (Phi) is 5.05. The Bertz CT molecular complexity index is 443. The zero-order valence-electron chi connectivity index (χ0n) is 13.4. The molecule has 1 saturated heterocycles. The van der Waals surface area contributed by atoms with Gasteiger partial charge in [-0.1, -0.05) is 6.42 Å². The van der Waals surface area contributed by atoms with Gasteiger partial charge in [0, 0.05) is 13.1 Å². The van der Waals surface area contributed by atoms with Crippen molar-refractivity contribution >= 4 is 0 Å². The van der Waals surface area contributed by atoms with Crippen LogP contribution in [0.25, 0.3) is 0 Å². The number of hydrogen-bond donors (Lipinski definition) is 1. The fraction of sp³-hybridized carbons (Fsp3) is 0.800. The largest absolute Gasteiger partial charge is 0.481 e. The smallest absolute Gasteiger partial charge is 0.216 e. The number of likely N-dealkylation sites (tertiary alicyclic amines) is 1. The minimum absolute atomic E-state index is 0.383. The highest BCUT2D eigenvalue weighted by atomic mass is 16.5. The van der Waals surface area contributed by atoms with Gasteiger partial charge < -0.3 is 10.1 Å². The Hall–Kier alpha value is -1.07. The number of rotatable bonds is 4. The SMILES string of the molecule is CNCC1CCCCN(C)C1c1c(C)nn(C)c1OC. The van der Waals surface area contributed by atoms with Crippen LogP contribution in [0.2, 0.25) is 0 Å². The Morgan fingerprint density at radius 2 is 2.10 bits per heavy atom. The lowest BCUT2D eigenvalue weighted by Gasteiger charge is -2.32. The van der Waals surface area contributed by atoms with Crippen molar-refractivity contribution in [1.82, 2.24) is 20.0 Å². The van der Waals surface area contributed by atoms with Gasteiger partial charge >= 0.3 is 0 Å². The fourth-order valence-corrected chi connectivity index (χ4v) is 3.59. The van der Waals surface area contributed by atoms with Crippen molar-refractivity contribution in [3.05, 3.63) is 11.3 Å². The molecule has 2 atom stereocenters. The third-order valence-corrected chi connectivity index (χ3v) is 4.43. The predicted molar refractivity (Wildman–Crippen MR) is 81.1 cm³/mol. The van der Waals surface area contributed by atoms with Crippen LogP contribution in [-0.4, -0.2) is 49.0 Å². The average molecular weight is 280 g/mol. The first kappa shape index (κ1) is 15.3. The number of hydrogen-bond acceptors (Lipinski definition) is 4. The summed E-state index contributed by atoms with van der Waals surface area (Å²) in [4.78, 5) is 2.47. The topological polar surface area (TPSA) is 42.3 Å². The normalized spacial score (nSPS) is 24.6. The monoisotopic (exact) mass is 280 g/mol. The molecule has 114 valence electrons. The lowest BCUT2D eigenvalue weighted by atomic mass is 9.89. The summed E-state index contributed by atoms with van der Waals surface area (Å²) < 4.78 is 7.48. The third-order valence-electron chi connectivity index (χ3n) is 4.43. The third kappa shape index (κ3) is 2.83. The average Bonchev–Trinajstić information content (AvgIpc) is 2.57. The standard InChI is InChI=1S/C15H28N4O/c1-11-13(15(20-5)19(4)17-11)14-12(10-16-2)8-6-7-9-18(14)3/h12,14,16H,6-10H2,1-5H3. The summed E-state index contributed by atoms with van der Waals surface area (Å²) in [6.07, 6.45) is 3.83. The first-order chi connectivity index (χ1) is 9.60. The van der Waals surface area contributed by atoms with Crippen LogP contribution in [0.3, 0.4) is 0 Å². The number of aryl methyl sites for hydroxylation is 2. The van der Waals surface area contributed by atoms with Crippen molar-refractivity contribution in [3.8, 4) is 5.88 Å². The van der Waals surface area contributed by atoms with Crippen molar-refractivity contribution in [3.63, 3.8) is 0 Å². The summed E-state index contributed by atoms with van der Waals surface area (Å²) >= 11 is 0. The van der Waals surface area contributed by atoms with Gasteiger partial charge in [0.1, 0.15) is 0 Å². The maximum atomic E-state index is 5.62. The second-order valence-corrected chi connectivity index (χ2v) is 5.87. The van der Waals surface area contributed by atoms with Crippen LogP contribution in [0.5, 0.6) is 5.88 Å². The Balaban J connectivity index is 2.43. The van der Waals surface area contributed by atoms with Crippen molar-refractivity contribution in [2.45, 2.75) is 32.2 Å². The molecule has 5 heteroatoms. The van der Waals surface area contributed by atoms with Gasteiger partial charge in [0.2, 0.25) is 5.88 Å². The van der Waals surface area contributed by atoms with E-state index >= 15 is 0 Å². The number of aromatic nitrogens is 2. The van der Waals surface area contributed by atoms with E-state index in [2.05, 4.69) is 29.3 Å². The van der Waals surface area contributed by atoms with Gasteiger partial charge in [0.15, 0.2) is 0 Å². The Morgan fingerprint density at radius 3 is 2.75 bits per heavy atom. The molecule has 2 heterocycles. The van der Waals surface area contributed by atoms with Crippen LogP contribution in [0.15, 0.2) is 0 Å². The molecule has 2 rings (SSSR count). The van der Waals surface area contributed by atoms with Gasteiger partial charge in [-0.15, -0.1) is 0 Å². The van der Waals surface area contributed by atoms with Gasteiger partial charge in [-0.3, -0.25) is 4.90 Å². The molecule has 0 aliphatic carbocycles. The molecule has 0 spiro atoms. The molecule has 0 radical (unpaired) electrons. The highest BCUT2D eigenvalue weighted by Gasteiger charge is 2.34. The highest BCUT2D eigenvalue weighted by molar-refractivity contribution is 5.35. The molecule has 1 aliphatic rings. The molecule has 20 heavy (non-hydrogen) atoms. The molecule has 0 amide bonds. The van der Waals surface area contributed by atoms with Crippen LogP contribution in [0.4, 0.5) is 0 Å². The van der Waals surface area contributed by atoms with E-state index in [1.54, 1.807) is 7.11 Å². The van der Waals surface area contributed by atoms with Crippen LogP contribution in [0, 0.1) is 12.8 Å². The number of ether oxygens (including phenoxy) is 1. The van der Waals surface area contributed by atoms with E-state index in [0.29, 0.717) is 12.0 Å². The highest BCUT2D eigenvalue weighted by Crippen LogP contribution is 2.39. The molecular formula is C15H28N4O. The summed E-state index contributed by atoms with van der Waals surface area (Å²) in [5, 5.41) is 7.92. The van der Waals surface area contributed by atoms with Crippen LogP contribution >= 0.6 is 0 Å². The van der Waals surface area contributed by atoms with Gasteiger partial charge in [-0.2, -0.15) is 5.10 Å². The minimum atomic E-state index is 0.383. The van der Waals surface area contributed by atoms with Crippen molar-refractivity contribution in [2.24, 2.45) is 13.0 Å². The van der Waals surface area contributed by atoms with E-state index in [-0.39, 0.29) is 0 Å². The first-order valence-corrected chi connectivity index (χ1v) is 7.52. The first-order valence-electron chi connectivity index (χ1n) is 7.52. The van der Waals surface area contributed by atoms with E-state index in [9.17, 15) is 0 Å². The summed E-state index contributed by atoms with van der Waals surface area (Å²) in [7, 11) is 7.96. The van der Waals surface area contributed by atoms with Gasteiger partial charge in [-0.05, 0) is 52.9 Å². The molecule has 0 bridgehead atoms. The molecule has 1 N–H and O–H groups in total. The van der Waals surface area contributed by atoms with Gasteiger partial charge in [-0.25, -0.2) is 4.68 Å². The lowest BCUT2D eigenvalue weighted by molar-refractivity contribution is 0.185. The van der Waals surface area contributed by atoms with E-state index in [0.717, 1.165) is 24.7 Å². The Morgan fingerprint density at radius 1 is 1.35 bits per heavy atom. The fourth-order valence-electron chi connectivity index (χ4n) is 3.59. The van der Waals surface area contributed by atoms with E-state index in [1.165, 1.54) is 24.8 Å². The van der Waals surface area contributed by atoms with Crippen LogP contribution < -0.4 is 10.1 Å². The van der Waals surface area contributed by atoms with E-state index in [1.807, 2.05) is 18.8 Å². The molecule has 1 aromatic rings. The van der Waals surface area contributed by atoms with Crippen molar-refractivity contribution < 1.29 is 4.74 Å².